The largest absolute Gasteiger partial charge is 0.394 e. The number of aliphatic hydroxyl groups is 1. The van der Waals surface area contributed by atoms with Crippen LogP contribution in [0, 0.1) is 17.3 Å². The van der Waals surface area contributed by atoms with E-state index in [4.69, 9.17) is 0 Å². The molecule has 3 aliphatic heterocycles. The van der Waals surface area contributed by atoms with Gasteiger partial charge in [-0.3, -0.25) is 14.4 Å². The summed E-state index contributed by atoms with van der Waals surface area (Å²) >= 11 is 5.38. The van der Waals surface area contributed by atoms with Crippen LogP contribution in [0.1, 0.15) is 54.4 Å². The monoisotopic (exact) mass is 579 g/mol. The van der Waals surface area contributed by atoms with Crippen molar-refractivity contribution in [3.63, 3.8) is 0 Å². The average molecular weight is 581 g/mol. The number of aliphatic hydroxyl groups excluding tert-OH is 1. The smallest absolute Gasteiger partial charge is 0.244 e. The summed E-state index contributed by atoms with van der Waals surface area (Å²) in [6, 6.07) is 7.93. The van der Waals surface area contributed by atoms with Crippen molar-refractivity contribution < 1.29 is 19.5 Å². The molecule has 0 saturated carbocycles. The zero-order valence-corrected chi connectivity index (χ0v) is 24.3. The predicted octanol–water partition coefficient (Wildman–Crippen LogP) is 3.80. The zero-order chi connectivity index (χ0) is 26.6. The molecule has 1 aromatic carbocycles. The molecule has 7 atom stereocenters. The number of likely N-dealkylation sites (tertiary alicyclic amines) is 1. The quantitative estimate of drug-likeness (QED) is 0.427. The molecular formula is C27H38BrN3O4S. The number of carbonyl (C=O) groups excluding carboxylic acids is 3. The van der Waals surface area contributed by atoms with Crippen LogP contribution >= 0.6 is 27.7 Å². The van der Waals surface area contributed by atoms with Gasteiger partial charge in [0.05, 0.1) is 29.2 Å². The van der Waals surface area contributed by atoms with Crippen LogP contribution in [0.3, 0.4) is 0 Å². The molecule has 3 saturated heterocycles. The van der Waals surface area contributed by atoms with Gasteiger partial charge in [0.2, 0.25) is 17.7 Å². The molecule has 4 rings (SSSR count). The van der Waals surface area contributed by atoms with Crippen molar-refractivity contribution in [2.45, 2.75) is 86.8 Å². The highest BCUT2D eigenvalue weighted by atomic mass is 79.9. The Balaban J connectivity index is 1.69. The third kappa shape index (κ3) is 4.83. The lowest BCUT2D eigenvalue weighted by molar-refractivity contribution is -0.142. The minimum Gasteiger partial charge on any atom is -0.394 e. The maximum Gasteiger partial charge on any atom is 0.244 e. The summed E-state index contributed by atoms with van der Waals surface area (Å²) in [5.74, 6) is -1.82. The van der Waals surface area contributed by atoms with Gasteiger partial charge >= 0.3 is 0 Å². The fourth-order valence-corrected chi connectivity index (χ4v) is 10.3. The molecule has 3 fully saturated rings. The molecule has 3 amide bonds. The van der Waals surface area contributed by atoms with Crippen LogP contribution in [-0.2, 0) is 14.4 Å². The number of nitrogens with zero attached hydrogens (tertiary/aromatic N) is 1. The van der Waals surface area contributed by atoms with Gasteiger partial charge in [-0.1, -0.05) is 54.9 Å². The van der Waals surface area contributed by atoms with Crippen LogP contribution in [-0.4, -0.2) is 66.8 Å². The Morgan fingerprint density at radius 3 is 2.42 bits per heavy atom. The molecule has 1 aromatic rings. The van der Waals surface area contributed by atoms with E-state index in [1.807, 2.05) is 44.2 Å². The fraction of sp³-hybridized carbons (Fsp3) is 0.667. The first-order chi connectivity index (χ1) is 16.7. The van der Waals surface area contributed by atoms with Crippen molar-refractivity contribution in [2.24, 2.45) is 17.3 Å². The molecule has 1 spiro atoms. The highest BCUT2D eigenvalue weighted by Crippen LogP contribution is 2.68. The number of anilines is 1. The third-order valence-corrected chi connectivity index (χ3v) is 10.7. The summed E-state index contributed by atoms with van der Waals surface area (Å²) in [5.41, 5.74) is 0.198. The number of alkyl halides is 1. The molecule has 2 bridgehead atoms. The van der Waals surface area contributed by atoms with E-state index in [1.54, 1.807) is 23.6 Å². The molecule has 3 N–H and O–H groups in total. The minimum atomic E-state index is -0.763. The maximum atomic E-state index is 14.0. The van der Waals surface area contributed by atoms with Crippen molar-refractivity contribution in [1.82, 2.24) is 10.2 Å². The second-order valence-corrected chi connectivity index (χ2v) is 15.1. The van der Waals surface area contributed by atoms with Crippen LogP contribution in [0.5, 0.6) is 0 Å². The van der Waals surface area contributed by atoms with Gasteiger partial charge in [0, 0.05) is 21.3 Å². The van der Waals surface area contributed by atoms with E-state index < -0.39 is 34.2 Å². The number of benzene rings is 1. The van der Waals surface area contributed by atoms with E-state index in [1.165, 1.54) is 0 Å². The van der Waals surface area contributed by atoms with Crippen LogP contribution in [0.4, 0.5) is 5.69 Å². The van der Waals surface area contributed by atoms with Crippen molar-refractivity contribution in [1.29, 1.82) is 0 Å². The number of nitrogens with one attached hydrogen (secondary N) is 2. The fourth-order valence-electron chi connectivity index (χ4n) is 6.75. The third-order valence-electron chi connectivity index (χ3n) is 7.49. The molecule has 3 unspecified atom stereocenters. The molecule has 0 radical (unpaired) electrons. The molecule has 7 nitrogen and oxygen atoms in total. The molecule has 198 valence electrons. The van der Waals surface area contributed by atoms with Crippen LogP contribution in [0.2, 0.25) is 0 Å². The van der Waals surface area contributed by atoms with Gasteiger partial charge in [0.25, 0.3) is 0 Å². The normalized spacial score (nSPS) is 32.4. The van der Waals surface area contributed by atoms with Gasteiger partial charge in [-0.2, -0.15) is 0 Å². The lowest BCUT2D eigenvalue weighted by atomic mass is 9.70. The van der Waals surface area contributed by atoms with Crippen LogP contribution in [0.15, 0.2) is 30.3 Å². The Kier molecular flexibility index (Phi) is 7.34. The number of para-hydroxylation sites is 1. The van der Waals surface area contributed by atoms with Crippen molar-refractivity contribution in [3.8, 4) is 0 Å². The van der Waals surface area contributed by atoms with Gasteiger partial charge < -0.3 is 20.6 Å². The van der Waals surface area contributed by atoms with E-state index in [0.29, 0.717) is 12.1 Å². The Hall–Kier alpha value is -1.58. The van der Waals surface area contributed by atoms with Gasteiger partial charge in [0.15, 0.2) is 0 Å². The van der Waals surface area contributed by atoms with E-state index in [-0.39, 0.29) is 39.8 Å². The SMILES string of the molecule is C[C@H](CO)N1C(=O)[C@@H]2[C@H](C(=O)Nc3ccccc3)[C@H]3SC2(CC3Br)C1C(=O)NC(C)(C)CC(C)(C)C. The number of rotatable bonds is 7. The van der Waals surface area contributed by atoms with E-state index in [9.17, 15) is 19.5 Å². The lowest BCUT2D eigenvalue weighted by Crippen LogP contribution is -2.60. The number of amides is 3. The molecule has 3 aliphatic rings. The number of fused-ring (bicyclic) bond motifs is 1. The van der Waals surface area contributed by atoms with E-state index in [2.05, 4.69) is 47.3 Å². The number of halogens is 1. The first-order valence-corrected chi connectivity index (χ1v) is 14.4. The van der Waals surface area contributed by atoms with Crippen LogP contribution in [0.25, 0.3) is 0 Å². The summed E-state index contributed by atoms with van der Waals surface area (Å²) in [5, 5.41) is 16.1. The van der Waals surface area contributed by atoms with Crippen molar-refractivity contribution >= 4 is 51.1 Å². The molecule has 0 aliphatic carbocycles. The number of hydrogen-bond donors (Lipinski definition) is 3. The summed E-state index contributed by atoms with van der Waals surface area (Å²) in [4.78, 5) is 43.1. The van der Waals surface area contributed by atoms with E-state index >= 15 is 0 Å². The second-order valence-electron chi connectivity index (χ2n) is 12.4. The summed E-state index contributed by atoms with van der Waals surface area (Å²) in [6.45, 7) is 11.9. The Bertz CT molecular complexity index is 1030. The van der Waals surface area contributed by atoms with Gasteiger partial charge in [-0.05, 0) is 51.2 Å². The van der Waals surface area contributed by atoms with Crippen LogP contribution < -0.4 is 10.6 Å². The average Bonchev–Trinajstić information content (AvgIpc) is 3.35. The lowest BCUT2D eigenvalue weighted by Gasteiger charge is -2.40. The molecule has 3 heterocycles. The standard InChI is InChI=1S/C27H38BrN3O4S/c1-15(13-32)31-21(23(34)30-26(5,6)14-25(2,3)4)27-12-17(28)20(36-27)18(19(27)24(31)35)22(33)29-16-10-8-7-9-11-16/h7-11,15,17-21,32H,12-14H2,1-6H3,(H,29,33)(H,30,34)/t15-,17?,18+,19+,20+,21?,27?/m1/s1. The Labute approximate surface area is 226 Å². The molecular weight excluding hydrogens is 542 g/mol. The first-order valence-electron chi connectivity index (χ1n) is 12.6. The summed E-state index contributed by atoms with van der Waals surface area (Å²) in [7, 11) is 0. The zero-order valence-electron chi connectivity index (χ0n) is 21.9. The minimum absolute atomic E-state index is 0.000316. The van der Waals surface area contributed by atoms with Crippen molar-refractivity contribution in [3.05, 3.63) is 30.3 Å². The molecule has 9 heteroatoms. The van der Waals surface area contributed by atoms with E-state index in [0.717, 1.165) is 6.42 Å². The first kappa shape index (κ1) is 27.5. The summed E-state index contributed by atoms with van der Waals surface area (Å²) < 4.78 is -0.736. The highest BCUT2D eigenvalue weighted by molar-refractivity contribution is 9.09. The molecule has 36 heavy (non-hydrogen) atoms. The highest BCUT2D eigenvalue weighted by Gasteiger charge is 2.76. The Morgan fingerprint density at radius 2 is 1.83 bits per heavy atom. The maximum absolute atomic E-state index is 14.0. The molecule has 0 aromatic heterocycles. The topological polar surface area (TPSA) is 98.7 Å². The second kappa shape index (κ2) is 9.62. The summed E-state index contributed by atoms with van der Waals surface area (Å²) in [6.07, 6.45) is 1.37. The van der Waals surface area contributed by atoms with Gasteiger partial charge in [-0.25, -0.2) is 0 Å². The number of hydrogen-bond acceptors (Lipinski definition) is 5. The van der Waals surface area contributed by atoms with Gasteiger partial charge in [-0.15, -0.1) is 11.8 Å². The van der Waals surface area contributed by atoms with Gasteiger partial charge in [0.1, 0.15) is 6.04 Å². The Morgan fingerprint density at radius 1 is 1.19 bits per heavy atom. The number of carbonyl (C=O) groups is 3. The number of thioether (sulfide) groups is 1. The predicted molar refractivity (Wildman–Crippen MR) is 147 cm³/mol. The van der Waals surface area contributed by atoms with Crippen molar-refractivity contribution in [2.75, 3.05) is 11.9 Å².